The highest BCUT2D eigenvalue weighted by atomic mass is 32.1. The molecule has 0 spiro atoms. The number of aryl methyl sites for hydroxylation is 1. The molecular weight excluding hydrogens is 282 g/mol. The van der Waals surface area contributed by atoms with Crippen molar-refractivity contribution in [2.75, 3.05) is 10.6 Å². The number of thiazole rings is 1. The molecule has 2 N–H and O–H groups in total. The van der Waals surface area contributed by atoms with Crippen molar-refractivity contribution in [3.8, 4) is 0 Å². The zero-order chi connectivity index (χ0) is 14.8. The van der Waals surface area contributed by atoms with E-state index < -0.39 is 0 Å². The van der Waals surface area contributed by atoms with Crippen molar-refractivity contribution in [2.24, 2.45) is 0 Å². The second kappa shape index (κ2) is 5.54. The lowest BCUT2D eigenvalue weighted by molar-refractivity contribution is -0.114. The predicted molar refractivity (Wildman–Crippen MR) is 88.4 cm³/mol. The summed E-state index contributed by atoms with van der Waals surface area (Å²) in [6.45, 7) is 3.56. The number of aromatic nitrogens is 1. The van der Waals surface area contributed by atoms with Gasteiger partial charge in [0, 0.05) is 18.3 Å². The molecule has 0 atom stereocenters. The zero-order valence-electron chi connectivity index (χ0n) is 11.8. The minimum Gasteiger partial charge on any atom is -0.331 e. The Labute approximate surface area is 126 Å². The maximum atomic E-state index is 11.1. The van der Waals surface area contributed by atoms with E-state index in [1.807, 2.05) is 30.3 Å². The van der Waals surface area contributed by atoms with Crippen LogP contribution >= 0.6 is 11.3 Å². The summed E-state index contributed by atoms with van der Waals surface area (Å²) in [4.78, 5) is 15.7. The summed E-state index contributed by atoms with van der Waals surface area (Å²) >= 11 is 1.62. The first-order chi connectivity index (χ1) is 10.1. The summed E-state index contributed by atoms with van der Waals surface area (Å²) in [5, 5.41) is 6.91. The van der Waals surface area contributed by atoms with E-state index in [4.69, 9.17) is 0 Å². The van der Waals surface area contributed by atoms with Gasteiger partial charge in [0.1, 0.15) is 0 Å². The summed E-state index contributed by atoms with van der Waals surface area (Å²) in [5.41, 5.74) is 3.87. The molecule has 0 unspecified atom stereocenters. The maximum Gasteiger partial charge on any atom is 0.221 e. The van der Waals surface area contributed by atoms with Crippen LogP contribution in [0, 0.1) is 6.92 Å². The number of nitrogens with zero attached hydrogens (tertiary/aromatic N) is 1. The van der Waals surface area contributed by atoms with E-state index in [0.29, 0.717) is 0 Å². The molecule has 0 fully saturated rings. The minimum absolute atomic E-state index is 0.0808. The van der Waals surface area contributed by atoms with Crippen LogP contribution in [0.3, 0.4) is 0 Å². The van der Waals surface area contributed by atoms with Gasteiger partial charge in [-0.2, -0.15) is 0 Å². The van der Waals surface area contributed by atoms with Crippen LogP contribution in [0.5, 0.6) is 0 Å². The van der Waals surface area contributed by atoms with Gasteiger partial charge in [-0.1, -0.05) is 29.5 Å². The van der Waals surface area contributed by atoms with Gasteiger partial charge in [-0.25, -0.2) is 4.98 Å². The molecule has 0 saturated carbocycles. The average molecular weight is 297 g/mol. The van der Waals surface area contributed by atoms with E-state index in [9.17, 15) is 4.79 Å². The molecule has 1 aromatic heterocycles. The lowest BCUT2D eigenvalue weighted by Gasteiger charge is -2.06. The van der Waals surface area contributed by atoms with Gasteiger partial charge >= 0.3 is 0 Å². The molecule has 0 radical (unpaired) electrons. The van der Waals surface area contributed by atoms with E-state index >= 15 is 0 Å². The van der Waals surface area contributed by atoms with Crippen molar-refractivity contribution >= 4 is 44.0 Å². The average Bonchev–Trinajstić information content (AvgIpc) is 2.82. The number of amides is 1. The summed E-state index contributed by atoms with van der Waals surface area (Å²) in [5.74, 6) is -0.0808. The predicted octanol–water partition coefficient (Wildman–Crippen LogP) is 4.31. The topological polar surface area (TPSA) is 54.0 Å². The smallest absolute Gasteiger partial charge is 0.221 e. The molecule has 4 nitrogen and oxygen atoms in total. The molecule has 3 aromatic rings. The lowest BCUT2D eigenvalue weighted by atomic mass is 10.2. The summed E-state index contributed by atoms with van der Waals surface area (Å²) in [6.07, 6.45) is 0. The Hall–Kier alpha value is -2.40. The number of para-hydroxylation sites is 1. The maximum absolute atomic E-state index is 11.1. The molecule has 2 aromatic carbocycles. The van der Waals surface area contributed by atoms with Gasteiger partial charge in [0.25, 0.3) is 0 Å². The van der Waals surface area contributed by atoms with Gasteiger partial charge in [0.05, 0.1) is 10.2 Å². The van der Waals surface area contributed by atoms with Crippen LogP contribution in [0.4, 0.5) is 16.5 Å². The van der Waals surface area contributed by atoms with Gasteiger partial charge in [-0.3, -0.25) is 4.79 Å². The standard InChI is InChI=1S/C16H15N3OS/c1-10-5-3-8-14-15(10)19-16(21-14)18-13-7-4-6-12(9-13)17-11(2)20/h3-9H,1-2H3,(H,17,20)(H,18,19). The van der Waals surface area contributed by atoms with Crippen LogP contribution in [-0.2, 0) is 4.79 Å². The molecule has 21 heavy (non-hydrogen) atoms. The van der Waals surface area contributed by atoms with Gasteiger partial charge in [-0.05, 0) is 36.8 Å². The monoisotopic (exact) mass is 297 g/mol. The highest BCUT2D eigenvalue weighted by Crippen LogP contribution is 2.30. The molecule has 0 bridgehead atoms. The van der Waals surface area contributed by atoms with Crippen LogP contribution in [-0.4, -0.2) is 10.9 Å². The third kappa shape index (κ3) is 3.03. The number of hydrogen-bond acceptors (Lipinski definition) is 4. The molecule has 1 heterocycles. The fraction of sp³-hybridized carbons (Fsp3) is 0.125. The number of carbonyl (C=O) groups is 1. The Bertz CT molecular complexity index is 810. The molecule has 0 aliphatic rings. The molecule has 106 valence electrons. The Morgan fingerprint density at radius 3 is 2.67 bits per heavy atom. The fourth-order valence-electron chi connectivity index (χ4n) is 2.14. The molecule has 0 aliphatic heterocycles. The Balaban J connectivity index is 1.88. The lowest BCUT2D eigenvalue weighted by Crippen LogP contribution is -2.05. The number of carbonyl (C=O) groups excluding carboxylic acids is 1. The van der Waals surface area contributed by atoms with E-state index in [1.165, 1.54) is 12.5 Å². The number of anilines is 3. The van der Waals surface area contributed by atoms with Crippen molar-refractivity contribution in [1.29, 1.82) is 0 Å². The van der Waals surface area contributed by atoms with Gasteiger partial charge in [-0.15, -0.1) is 0 Å². The molecular formula is C16H15N3OS. The third-order valence-electron chi connectivity index (χ3n) is 3.05. The Morgan fingerprint density at radius 2 is 1.90 bits per heavy atom. The van der Waals surface area contributed by atoms with E-state index in [1.54, 1.807) is 11.3 Å². The molecule has 0 aliphatic carbocycles. The quantitative estimate of drug-likeness (QED) is 0.757. The van der Waals surface area contributed by atoms with Crippen molar-refractivity contribution in [2.45, 2.75) is 13.8 Å². The summed E-state index contributed by atoms with van der Waals surface area (Å²) < 4.78 is 1.16. The van der Waals surface area contributed by atoms with Gasteiger partial charge in [0.15, 0.2) is 5.13 Å². The zero-order valence-corrected chi connectivity index (χ0v) is 12.6. The highest BCUT2D eigenvalue weighted by Gasteiger charge is 2.06. The Kier molecular flexibility index (Phi) is 3.58. The van der Waals surface area contributed by atoms with Gasteiger partial charge in [0.2, 0.25) is 5.91 Å². The SMILES string of the molecule is CC(=O)Nc1cccc(Nc2nc3c(C)cccc3s2)c1. The normalized spacial score (nSPS) is 10.6. The number of nitrogens with one attached hydrogen (secondary N) is 2. The second-order valence-corrected chi connectivity index (χ2v) is 5.86. The molecule has 5 heteroatoms. The number of hydrogen-bond donors (Lipinski definition) is 2. The molecule has 1 amide bonds. The van der Waals surface area contributed by atoms with Gasteiger partial charge < -0.3 is 10.6 Å². The van der Waals surface area contributed by atoms with Crippen LogP contribution in [0.15, 0.2) is 42.5 Å². The number of fused-ring (bicyclic) bond motifs is 1. The number of rotatable bonds is 3. The second-order valence-electron chi connectivity index (χ2n) is 4.83. The summed E-state index contributed by atoms with van der Waals surface area (Å²) in [7, 11) is 0. The number of benzene rings is 2. The first-order valence-electron chi connectivity index (χ1n) is 6.62. The molecule has 3 rings (SSSR count). The Morgan fingerprint density at radius 1 is 1.14 bits per heavy atom. The van der Waals surface area contributed by atoms with Crippen LogP contribution in [0.25, 0.3) is 10.2 Å². The van der Waals surface area contributed by atoms with Crippen LogP contribution in [0.1, 0.15) is 12.5 Å². The fourth-order valence-corrected chi connectivity index (χ4v) is 3.11. The van der Waals surface area contributed by atoms with E-state index in [2.05, 4.69) is 34.7 Å². The largest absolute Gasteiger partial charge is 0.331 e. The minimum atomic E-state index is -0.0808. The van der Waals surface area contributed by atoms with Crippen molar-refractivity contribution in [3.63, 3.8) is 0 Å². The van der Waals surface area contributed by atoms with Crippen molar-refractivity contribution in [1.82, 2.24) is 4.98 Å². The van der Waals surface area contributed by atoms with Crippen LogP contribution < -0.4 is 10.6 Å². The van der Waals surface area contributed by atoms with Crippen molar-refractivity contribution < 1.29 is 4.79 Å². The van der Waals surface area contributed by atoms with Crippen molar-refractivity contribution in [3.05, 3.63) is 48.0 Å². The highest BCUT2D eigenvalue weighted by molar-refractivity contribution is 7.22. The first-order valence-corrected chi connectivity index (χ1v) is 7.44. The molecule has 0 saturated heterocycles. The third-order valence-corrected chi connectivity index (χ3v) is 3.99. The van der Waals surface area contributed by atoms with E-state index in [-0.39, 0.29) is 5.91 Å². The van der Waals surface area contributed by atoms with E-state index in [0.717, 1.165) is 26.7 Å². The van der Waals surface area contributed by atoms with Crippen LogP contribution in [0.2, 0.25) is 0 Å². The first kappa shape index (κ1) is 13.6. The summed E-state index contributed by atoms with van der Waals surface area (Å²) in [6, 6.07) is 13.8.